The summed E-state index contributed by atoms with van der Waals surface area (Å²) >= 11 is 0. The molecule has 2 unspecified atom stereocenters. The van der Waals surface area contributed by atoms with Crippen molar-refractivity contribution in [3.63, 3.8) is 0 Å². The molecule has 0 saturated carbocycles. The summed E-state index contributed by atoms with van der Waals surface area (Å²) in [4.78, 5) is 52.5. The third-order valence-electron chi connectivity index (χ3n) is 6.37. The van der Waals surface area contributed by atoms with E-state index in [0.717, 1.165) is 0 Å². The molecule has 0 bridgehead atoms. The predicted molar refractivity (Wildman–Crippen MR) is 149 cm³/mol. The Morgan fingerprint density at radius 3 is 1.18 bits per heavy atom. The molecule has 2 atom stereocenters. The summed E-state index contributed by atoms with van der Waals surface area (Å²) in [6.45, 7) is 9.35. The highest BCUT2D eigenvalue weighted by Crippen LogP contribution is 2.26. The Bertz CT molecular complexity index is 1030. The van der Waals surface area contributed by atoms with Crippen LogP contribution in [0.5, 0.6) is 0 Å². The van der Waals surface area contributed by atoms with Gasteiger partial charge in [-0.15, -0.1) is 0 Å². The van der Waals surface area contributed by atoms with Gasteiger partial charge in [0.15, 0.2) is 0 Å². The molecule has 2 N–H and O–H groups in total. The third kappa shape index (κ3) is 8.89. The van der Waals surface area contributed by atoms with Crippen LogP contribution in [-0.4, -0.2) is 83.3 Å². The molecule has 0 aliphatic rings. The summed E-state index contributed by atoms with van der Waals surface area (Å²) in [5, 5.41) is 20.3. The first-order chi connectivity index (χ1) is 19.2. The highest BCUT2D eigenvalue weighted by Gasteiger charge is 2.31. The molecule has 2 aromatic rings. The van der Waals surface area contributed by atoms with Crippen LogP contribution in [0.4, 0.5) is 0 Å². The van der Waals surface area contributed by atoms with Crippen LogP contribution >= 0.6 is 0 Å². The number of hydrogen-bond donors (Lipinski definition) is 2. The molecule has 10 heteroatoms. The largest absolute Gasteiger partial charge is 0.480 e. The molecule has 0 fully saturated rings. The second-order valence-electron chi connectivity index (χ2n) is 9.24. The zero-order chi connectivity index (χ0) is 29.7. The molecule has 0 aliphatic heterocycles. The van der Waals surface area contributed by atoms with Crippen LogP contribution in [0.15, 0.2) is 48.5 Å². The van der Waals surface area contributed by atoms with Crippen molar-refractivity contribution < 1.29 is 38.9 Å². The second kappa shape index (κ2) is 16.4. The minimum atomic E-state index is -1.04. The predicted octanol–water partition coefficient (Wildman–Crippen LogP) is 4.42. The topological polar surface area (TPSA) is 134 Å². The molecule has 0 heterocycles. The van der Waals surface area contributed by atoms with Gasteiger partial charge in [0, 0.05) is 13.1 Å². The van der Waals surface area contributed by atoms with Gasteiger partial charge in [0.25, 0.3) is 0 Å². The lowest BCUT2D eigenvalue weighted by Gasteiger charge is -2.34. The number of carbonyl (C=O) groups is 4. The van der Waals surface area contributed by atoms with E-state index in [9.17, 15) is 29.4 Å². The summed E-state index contributed by atoms with van der Waals surface area (Å²) in [6, 6.07) is 10.7. The lowest BCUT2D eigenvalue weighted by Crippen LogP contribution is -2.43. The lowest BCUT2D eigenvalue weighted by molar-refractivity contribution is -0.146. The number of carbonyl (C=O) groups excluding carboxylic acids is 2. The molecule has 40 heavy (non-hydrogen) atoms. The van der Waals surface area contributed by atoms with Gasteiger partial charge in [0.2, 0.25) is 0 Å². The van der Waals surface area contributed by atoms with Crippen LogP contribution in [0.2, 0.25) is 0 Å². The number of carboxylic acid groups (broad SMARTS) is 2. The number of rotatable bonds is 17. The van der Waals surface area contributed by atoms with Gasteiger partial charge >= 0.3 is 23.9 Å². The molecule has 218 valence electrons. The van der Waals surface area contributed by atoms with Crippen molar-refractivity contribution in [2.24, 2.45) is 0 Å². The molecule has 0 saturated heterocycles. The maximum Gasteiger partial charge on any atom is 0.338 e. The zero-order valence-electron chi connectivity index (χ0n) is 23.7. The molecule has 0 radical (unpaired) electrons. The summed E-state index contributed by atoms with van der Waals surface area (Å²) in [5.41, 5.74) is 1.70. The number of ether oxygens (including phenoxy) is 2. The number of aliphatic carboxylic acids is 2. The maximum absolute atomic E-state index is 12.4. The number of carboxylic acids is 2. The van der Waals surface area contributed by atoms with E-state index >= 15 is 0 Å². The molecule has 2 rings (SSSR count). The Labute approximate surface area is 235 Å². The molecular formula is C30H40N2O8. The van der Waals surface area contributed by atoms with Crippen LogP contribution in [0.1, 0.15) is 84.5 Å². The van der Waals surface area contributed by atoms with Gasteiger partial charge in [-0.3, -0.25) is 19.4 Å². The fourth-order valence-corrected chi connectivity index (χ4v) is 4.62. The molecule has 0 spiro atoms. The number of benzene rings is 2. The van der Waals surface area contributed by atoms with E-state index in [1.165, 1.54) is 0 Å². The quantitative estimate of drug-likeness (QED) is 0.270. The van der Waals surface area contributed by atoms with Crippen molar-refractivity contribution >= 4 is 23.9 Å². The van der Waals surface area contributed by atoms with Crippen molar-refractivity contribution in [2.45, 2.75) is 52.6 Å². The molecule has 10 nitrogen and oxygen atoms in total. The Kier molecular flexibility index (Phi) is 13.3. The summed E-state index contributed by atoms with van der Waals surface area (Å²) < 4.78 is 10.0. The van der Waals surface area contributed by atoms with Crippen molar-refractivity contribution in [3.8, 4) is 0 Å². The summed E-state index contributed by atoms with van der Waals surface area (Å²) in [6.07, 6.45) is 1.38. The first-order valence-electron chi connectivity index (χ1n) is 13.7. The monoisotopic (exact) mass is 556 g/mol. The van der Waals surface area contributed by atoms with Gasteiger partial charge < -0.3 is 19.7 Å². The van der Waals surface area contributed by atoms with E-state index in [0.29, 0.717) is 61.3 Å². The van der Waals surface area contributed by atoms with Crippen molar-refractivity contribution in [1.82, 2.24) is 9.80 Å². The van der Waals surface area contributed by atoms with Crippen LogP contribution in [0.3, 0.4) is 0 Å². The average Bonchev–Trinajstić information content (AvgIpc) is 2.92. The van der Waals surface area contributed by atoms with Gasteiger partial charge in [-0.05, 0) is 75.2 Å². The van der Waals surface area contributed by atoms with E-state index in [1.807, 2.05) is 23.6 Å². The second-order valence-corrected chi connectivity index (χ2v) is 9.24. The fraction of sp³-hybridized carbons (Fsp3) is 0.467. The number of nitrogens with zero attached hydrogens (tertiary/aromatic N) is 2. The van der Waals surface area contributed by atoms with Crippen molar-refractivity contribution in [2.75, 3.05) is 39.4 Å². The van der Waals surface area contributed by atoms with E-state index < -0.39 is 36.0 Å². The first kappa shape index (κ1) is 32.5. The van der Waals surface area contributed by atoms with E-state index in [-0.39, 0.29) is 13.2 Å². The van der Waals surface area contributed by atoms with Crippen molar-refractivity contribution in [1.29, 1.82) is 0 Å². The van der Waals surface area contributed by atoms with Crippen LogP contribution < -0.4 is 0 Å². The van der Waals surface area contributed by atoms with Gasteiger partial charge in [-0.1, -0.05) is 38.1 Å². The zero-order valence-corrected chi connectivity index (χ0v) is 23.7. The third-order valence-corrected chi connectivity index (χ3v) is 6.37. The van der Waals surface area contributed by atoms with Crippen LogP contribution in [0.25, 0.3) is 0 Å². The van der Waals surface area contributed by atoms with E-state index in [1.54, 1.807) is 62.4 Å². The van der Waals surface area contributed by atoms with Gasteiger partial charge in [-0.2, -0.15) is 0 Å². The number of esters is 2. The van der Waals surface area contributed by atoms with Gasteiger partial charge in [0.1, 0.15) is 12.1 Å². The first-order valence-corrected chi connectivity index (χ1v) is 13.7. The average molecular weight is 557 g/mol. The Morgan fingerprint density at radius 2 is 0.925 bits per heavy atom. The van der Waals surface area contributed by atoms with Gasteiger partial charge in [-0.25, -0.2) is 9.59 Å². The number of hydrogen-bond acceptors (Lipinski definition) is 8. The Morgan fingerprint density at radius 1 is 0.600 bits per heavy atom. The highest BCUT2D eigenvalue weighted by atomic mass is 16.5. The molecule has 0 aromatic heterocycles. The minimum Gasteiger partial charge on any atom is -0.480 e. The molecule has 0 amide bonds. The summed E-state index contributed by atoms with van der Waals surface area (Å²) in [5.74, 6) is -3.03. The van der Waals surface area contributed by atoms with E-state index in [4.69, 9.17) is 9.47 Å². The minimum absolute atomic E-state index is 0.240. The van der Waals surface area contributed by atoms with Crippen molar-refractivity contribution in [3.05, 3.63) is 70.8 Å². The van der Waals surface area contributed by atoms with Crippen LogP contribution in [-0.2, 0) is 19.1 Å². The van der Waals surface area contributed by atoms with E-state index in [2.05, 4.69) is 0 Å². The molecule has 0 aliphatic carbocycles. The maximum atomic E-state index is 12.4. The Balaban J connectivity index is 2.30. The highest BCUT2D eigenvalue weighted by molar-refractivity contribution is 5.90. The Hall–Kier alpha value is -3.76. The SMILES string of the molecule is CCCN(CCN(CCC)C(C(=O)O)c1ccc(C(=O)OCC)cc1)C(C(=O)O)c1ccc(C(=O)OCC)cc1. The lowest BCUT2D eigenvalue weighted by atomic mass is 10.0. The van der Waals surface area contributed by atoms with Crippen LogP contribution in [0, 0.1) is 0 Å². The molecular weight excluding hydrogens is 516 g/mol. The molecule has 2 aromatic carbocycles. The summed E-state index contributed by atoms with van der Waals surface area (Å²) in [7, 11) is 0. The smallest absolute Gasteiger partial charge is 0.338 e. The normalized spacial score (nSPS) is 12.7. The van der Waals surface area contributed by atoms with Gasteiger partial charge in [0.05, 0.1) is 24.3 Å². The standard InChI is InChI=1S/C30H40N2O8/c1-5-17-31(25(27(33)34)21-9-13-23(14-10-21)29(37)39-7-3)19-20-32(18-6-2)26(28(35)36)22-11-15-24(16-12-22)30(38)40-8-4/h9-16,25-26H,5-8,17-20H2,1-4H3,(H,33,34)(H,35,36). The fourth-order valence-electron chi connectivity index (χ4n) is 4.62.